The first-order valence-corrected chi connectivity index (χ1v) is 4.52. The van der Waals surface area contributed by atoms with Gasteiger partial charge in [0.1, 0.15) is 6.04 Å². The van der Waals surface area contributed by atoms with E-state index in [4.69, 9.17) is 16.9 Å². The molecule has 6 nitrogen and oxygen atoms in total. The van der Waals surface area contributed by atoms with E-state index < -0.39 is 0 Å². The Kier molecular flexibility index (Phi) is 8.89. The van der Waals surface area contributed by atoms with E-state index in [1.165, 1.54) is 0 Å². The maximum absolute atomic E-state index is 11.4. The Hall–Kier alpha value is -1.01. The van der Waals surface area contributed by atoms with Gasteiger partial charge in [-0.05, 0) is 6.42 Å². The molecule has 1 amide bonds. The molecule has 16 heavy (non-hydrogen) atoms. The summed E-state index contributed by atoms with van der Waals surface area (Å²) in [5, 5.41) is 9.61. The zero-order chi connectivity index (χ0) is 10.6. The predicted octanol–water partition coefficient (Wildman–Crippen LogP) is -0.208. The van der Waals surface area contributed by atoms with Gasteiger partial charge in [0.05, 0.1) is 11.7 Å². The van der Waals surface area contributed by atoms with Gasteiger partial charge in [-0.15, -0.1) is 24.8 Å². The molecule has 1 rings (SSSR count). The van der Waals surface area contributed by atoms with Gasteiger partial charge in [-0.1, -0.05) is 0 Å². The van der Waals surface area contributed by atoms with Crippen molar-refractivity contribution in [1.82, 2.24) is 5.32 Å². The molecule has 0 fully saturated rings. The van der Waals surface area contributed by atoms with Crippen molar-refractivity contribution in [3.05, 3.63) is 0 Å². The van der Waals surface area contributed by atoms with E-state index in [9.17, 15) is 4.79 Å². The minimum atomic E-state index is -0.345. The molecule has 1 atom stereocenters. The molecule has 6 N–H and O–H groups in total. The standard InChI is InChI=1S/C8H15N5O.2ClH/c9-6(10)3-4-12-8(14)5-1-2-7(11)13-5;;/h5H,1-4H2,(H3,9,10)(H2,11,13)(H,12,14);2*1H. The Bertz CT molecular complexity index is 282. The summed E-state index contributed by atoms with van der Waals surface area (Å²) in [6, 6.07) is -0.345. The number of nitrogens with two attached hydrogens (primary N) is 2. The van der Waals surface area contributed by atoms with Crippen molar-refractivity contribution in [3.63, 3.8) is 0 Å². The van der Waals surface area contributed by atoms with Crippen molar-refractivity contribution in [3.8, 4) is 0 Å². The largest absolute Gasteiger partial charge is 0.388 e. The van der Waals surface area contributed by atoms with Gasteiger partial charge in [0.2, 0.25) is 5.91 Å². The fraction of sp³-hybridized carbons (Fsp3) is 0.625. The molecule has 0 bridgehead atoms. The first kappa shape index (κ1) is 17.4. The smallest absolute Gasteiger partial charge is 0.244 e. The van der Waals surface area contributed by atoms with Gasteiger partial charge in [-0.25, -0.2) is 0 Å². The summed E-state index contributed by atoms with van der Waals surface area (Å²) in [6.45, 7) is 0.389. The molecule has 94 valence electrons. The molecular weight excluding hydrogens is 253 g/mol. The summed E-state index contributed by atoms with van der Waals surface area (Å²) in [4.78, 5) is 15.4. The summed E-state index contributed by atoms with van der Waals surface area (Å²) >= 11 is 0. The number of nitrogens with zero attached hydrogens (tertiary/aromatic N) is 1. The highest BCUT2D eigenvalue weighted by Gasteiger charge is 2.22. The van der Waals surface area contributed by atoms with Gasteiger partial charge in [0.15, 0.2) is 0 Å². The third-order valence-electron chi connectivity index (χ3n) is 1.99. The van der Waals surface area contributed by atoms with Crippen molar-refractivity contribution in [2.24, 2.45) is 16.5 Å². The van der Waals surface area contributed by atoms with E-state index in [0.717, 1.165) is 0 Å². The fourth-order valence-electron chi connectivity index (χ4n) is 1.24. The van der Waals surface area contributed by atoms with Crippen LogP contribution < -0.4 is 16.8 Å². The van der Waals surface area contributed by atoms with Gasteiger partial charge in [-0.2, -0.15) is 0 Å². The SMILES string of the molecule is Cl.Cl.N=C(N)CCNC(=O)C1CCC(N)=N1. The predicted molar refractivity (Wildman–Crippen MR) is 68.7 cm³/mol. The Labute approximate surface area is 107 Å². The summed E-state index contributed by atoms with van der Waals surface area (Å²) < 4.78 is 0. The van der Waals surface area contributed by atoms with Crippen LogP contribution in [0.15, 0.2) is 4.99 Å². The zero-order valence-corrected chi connectivity index (χ0v) is 10.4. The molecule has 1 unspecified atom stereocenters. The summed E-state index contributed by atoms with van der Waals surface area (Å²) in [5.74, 6) is 0.475. The lowest BCUT2D eigenvalue weighted by molar-refractivity contribution is -0.122. The molecular formula is C8H17Cl2N5O. The van der Waals surface area contributed by atoms with Crippen LogP contribution in [0.3, 0.4) is 0 Å². The highest BCUT2D eigenvalue weighted by atomic mass is 35.5. The van der Waals surface area contributed by atoms with Crippen LogP contribution in [0, 0.1) is 5.41 Å². The molecule has 0 aromatic carbocycles. The molecule has 0 spiro atoms. The molecule has 0 saturated heterocycles. The lowest BCUT2D eigenvalue weighted by Gasteiger charge is -2.07. The van der Waals surface area contributed by atoms with Crippen LogP contribution in [0.5, 0.6) is 0 Å². The summed E-state index contributed by atoms with van der Waals surface area (Å²) in [5.41, 5.74) is 10.6. The average molecular weight is 270 g/mol. The first-order chi connectivity index (χ1) is 6.59. The average Bonchev–Trinajstić information content (AvgIpc) is 2.51. The van der Waals surface area contributed by atoms with Crippen LogP contribution in [0.4, 0.5) is 0 Å². The van der Waals surface area contributed by atoms with E-state index in [0.29, 0.717) is 31.6 Å². The van der Waals surface area contributed by atoms with Gasteiger partial charge < -0.3 is 16.8 Å². The van der Waals surface area contributed by atoms with Crippen LogP contribution in [-0.2, 0) is 4.79 Å². The summed E-state index contributed by atoms with van der Waals surface area (Å²) in [6.07, 6.45) is 1.74. The molecule has 0 saturated carbocycles. The second kappa shape index (κ2) is 8.18. The lowest BCUT2D eigenvalue weighted by Crippen LogP contribution is -2.34. The van der Waals surface area contributed by atoms with Crippen molar-refractivity contribution in [2.75, 3.05) is 6.54 Å². The van der Waals surface area contributed by atoms with Crippen molar-refractivity contribution in [2.45, 2.75) is 25.3 Å². The van der Waals surface area contributed by atoms with E-state index in [1.807, 2.05) is 0 Å². The van der Waals surface area contributed by atoms with Gasteiger partial charge in [0.25, 0.3) is 0 Å². The van der Waals surface area contributed by atoms with E-state index in [2.05, 4.69) is 10.3 Å². The van der Waals surface area contributed by atoms with Crippen LogP contribution in [0.25, 0.3) is 0 Å². The number of hydrogen-bond acceptors (Lipinski definition) is 4. The number of hydrogen-bond donors (Lipinski definition) is 4. The quantitative estimate of drug-likeness (QED) is 0.418. The molecule has 1 aliphatic rings. The van der Waals surface area contributed by atoms with Crippen molar-refractivity contribution < 1.29 is 4.79 Å². The second-order valence-corrected chi connectivity index (χ2v) is 3.24. The third-order valence-corrected chi connectivity index (χ3v) is 1.99. The van der Waals surface area contributed by atoms with Gasteiger partial charge in [-0.3, -0.25) is 15.2 Å². The van der Waals surface area contributed by atoms with Crippen LogP contribution in [-0.4, -0.2) is 30.2 Å². The third kappa shape index (κ3) is 5.77. The molecule has 0 aromatic rings. The number of rotatable bonds is 4. The minimum Gasteiger partial charge on any atom is -0.388 e. The molecule has 1 heterocycles. The number of amides is 1. The fourth-order valence-corrected chi connectivity index (χ4v) is 1.24. The van der Waals surface area contributed by atoms with Gasteiger partial charge in [0, 0.05) is 19.4 Å². The summed E-state index contributed by atoms with van der Waals surface area (Å²) in [7, 11) is 0. The molecule has 0 aliphatic carbocycles. The van der Waals surface area contributed by atoms with Gasteiger partial charge >= 0.3 is 0 Å². The second-order valence-electron chi connectivity index (χ2n) is 3.24. The zero-order valence-electron chi connectivity index (χ0n) is 8.73. The van der Waals surface area contributed by atoms with Crippen LogP contribution >= 0.6 is 24.8 Å². The number of amidine groups is 2. The van der Waals surface area contributed by atoms with Crippen molar-refractivity contribution in [1.29, 1.82) is 5.41 Å². The van der Waals surface area contributed by atoms with E-state index in [1.54, 1.807) is 0 Å². The Balaban J connectivity index is 0. The van der Waals surface area contributed by atoms with Crippen LogP contribution in [0.1, 0.15) is 19.3 Å². The topological polar surface area (TPSA) is 117 Å². The number of carbonyl (C=O) groups excluding carboxylic acids is 1. The molecule has 8 heteroatoms. The Morgan fingerprint density at radius 2 is 2.19 bits per heavy atom. The minimum absolute atomic E-state index is 0. The first-order valence-electron chi connectivity index (χ1n) is 4.52. The highest BCUT2D eigenvalue weighted by molar-refractivity contribution is 5.91. The molecule has 1 aliphatic heterocycles. The number of aliphatic imine (C=N–C) groups is 1. The maximum Gasteiger partial charge on any atom is 0.244 e. The molecule has 0 aromatic heterocycles. The Morgan fingerprint density at radius 1 is 1.56 bits per heavy atom. The highest BCUT2D eigenvalue weighted by Crippen LogP contribution is 2.10. The normalized spacial score (nSPS) is 17.8. The van der Waals surface area contributed by atoms with E-state index in [-0.39, 0.29) is 42.6 Å². The van der Waals surface area contributed by atoms with Crippen LogP contribution in [0.2, 0.25) is 0 Å². The van der Waals surface area contributed by atoms with E-state index >= 15 is 0 Å². The number of halogens is 2. The monoisotopic (exact) mass is 269 g/mol. The number of carbonyl (C=O) groups is 1. The Morgan fingerprint density at radius 3 is 2.62 bits per heavy atom. The van der Waals surface area contributed by atoms with Crippen molar-refractivity contribution >= 4 is 42.4 Å². The molecule has 0 radical (unpaired) electrons. The number of nitrogens with one attached hydrogen (secondary N) is 2. The lowest BCUT2D eigenvalue weighted by atomic mass is 10.2. The maximum atomic E-state index is 11.4.